The summed E-state index contributed by atoms with van der Waals surface area (Å²) in [7, 11) is -4.72. The van der Waals surface area contributed by atoms with Gasteiger partial charge in [0, 0.05) is 20.9 Å². The van der Waals surface area contributed by atoms with Gasteiger partial charge in [0.25, 0.3) is 0 Å². The second-order valence-corrected chi connectivity index (χ2v) is 11.1. The Labute approximate surface area is 215 Å². The Bertz CT molecular complexity index is 1290. The van der Waals surface area contributed by atoms with Crippen LogP contribution in [0.1, 0.15) is 30.6 Å². The molecule has 3 rings (SSSR count). The maximum Gasteiger partial charge on any atom is 0.510 e. The van der Waals surface area contributed by atoms with Crippen LogP contribution in [-0.4, -0.2) is 29.9 Å². The highest BCUT2D eigenvalue weighted by Gasteiger charge is 2.41. The van der Waals surface area contributed by atoms with Crippen LogP contribution < -0.4 is 5.32 Å². The topological polar surface area (TPSA) is 111 Å². The van der Waals surface area contributed by atoms with Crippen LogP contribution in [0.25, 0.3) is 16.2 Å². The number of thiophene rings is 1. The lowest BCUT2D eigenvalue weighted by Crippen LogP contribution is -2.26. The molecule has 2 N–H and O–H groups in total. The number of rotatable bonds is 9. The van der Waals surface area contributed by atoms with Crippen LogP contribution in [0.4, 0.5) is 4.79 Å². The molecule has 2 unspecified atom stereocenters. The van der Waals surface area contributed by atoms with Crippen molar-refractivity contribution in [3.8, 4) is 0 Å². The molecule has 1 aromatic heterocycles. The molecule has 0 saturated heterocycles. The molecule has 35 heavy (non-hydrogen) atoms. The Morgan fingerprint density at radius 2 is 1.94 bits per heavy atom. The number of fused-ring (bicyclic) bond motifs is 1. The van der Waals surface area contributed by atoms with Gasteiger partial charge in [-0.2, -0.15) is 0 Å². The highest BCUT2D eigenvalue weighted by molar-refractivity contribution is 7.54. The average molecular weight is 558 g/mol. The van der Waals surface area contributed by atoms with Gasteiger partial charge >= 0.3 is 13.8 Å². The van der Waals surface area contributed by atoms with E-state index in [1.807, 2.05) is 0 Å². The molecule has 2 aromatic carbocycles. The largest absolute Gasteiger partial charge is 0.510 e. The van der Waals surface area contributed by atoms with Crippen molar-refractivity contribution in [2.75, 3.05) is 6.79 Å². The maximum atomic E-state index is 13.2. The predicted molar refractivity (Wildman–Crippen MR) is 137 cm³/mol. The van der Waals surface area contributed by atoms with E-state index in [-0.39, 0.29) is 5.56 Å². The van der Waals surface area contributed by atoms with E-state index in [0.29, 0.717) is 21.0 Å². The van der Waals surface area contributed by atoms with Gasteiger partial charge in [0.2, 0.25) is 12.7 Å². The zero-order valence-corrected chi connectivity index (χ0v) is 21.9. The summed E-state index contributed by atoms with van der Waals surface area (Å²) in [6, 6.07) is 12.0. The van der Waals surface area contributed by atoms with Crippen LogP contribution in [0.3, 0.4) is 0 Å². The highest BCUT2D eigenvalue weighted by atomic mass is 35.5. The second kappa shape index (κ2) is 12.0. The van der Waals surface area contributed by atoms with Crippen LogP contribution in [0, 0.1) is 0 Å². The standard InChI is InChI=1S/C23H22Cl2NO7PS/c1-14(2)33-23(28)31-13-32-34(29,30)21(18-12-35-20-8-7-16(24)11-17(18)20)22(27)26-10-9-15-5-3-4-6-19(15)25/h3-12,14,21H,13H2,1-2H3,(H,26,27)(H,29,30). The molecular formula is C23H22Cl2NO7PS. The fourth-order valence-electron chi connectivity index (χ4n) is 3.05. The zero-order valence-electron chi connectivity index (χ0n) is 18.6. The van der Waals surface area contributed by atoms with E-state index in [4.69, 9.17) is 37.2 Å². The quantitative estimate of drug-likeness (QED) is 0.170. The van der Waals surface area contributed by atoms with Crippen LogP contribution in [-0.2, 0) is 23.4 Å². The summed E-state index contributed by atoms with van der Waals surface area (Å²) in [6.07, 6.45) is 1.34. The van der Waals surface area contributed by atoms with Crippen LogP contribution in [0.5, 0.6) is 0 Å². The van der Waals surface area contributed by atoms with Crippen LogP contribution in [0.2, 0.25) is 10.0 Å². The number of halogens is 2. The van der Waals surface area contributed by atoms with Crippen molar-refractivity contribution in [2.45, 2.75) is 25.6 Å². The van der Waals surface area contributed by atoms with E-state index >= 15 is 0 Å². The molecule has 12 heteroatoms. The summed E-state index contributed by atoms with van der Waals surface area (Å²) >= 11 is 13.5. The van der Waals surface area contributed by atoms with E-state index in [2.05, 4.69) is 5.32 Å². The molecule has 0 aliphatic rings. The molecule has 0 radical (unpaired) electrons. The second-order valence-electron chi connectivity index (χ2n) is 7.47. The Kier molecular flexibility index (Phi) is 9.35. The summed E-state index contributed by atoms with van der Waals surface area (Å²) < 4.78 is 28.5. The number of carbonyl (C=O) groups is 2. The molecule has 186 valence electrons. The lowest BCUT2D eigenvalue weighted by Gasteiger charge is -2.21. The summed E-state index contributed by atoms with van der Waals surface area (Å²) in [6.45, 7) is 2.34. The third-order valence-corrected chi connectivity index (χ3v) is 7.78. The SMILES string of the molecule is CC(C)OC(=O)OCOP(=O)(O)C(C(=O)NC=Cc1ccccc1Cl)c1csc2ccc(Cl)cc12. The molecule has 0 saturated carbocycles. The van der Waals surface area contributed by atoms with E-state index in [0.717, 1.165) is 4.70 Å². The predicted octanol–water partition coefficient (Wildman–Crippen LogP) is 6.76. The van der Waals surface area contributed by atoms with Gasteiger partial charge in [0.05, 0.1) is 6.10 Å². The molecule has 1 amide bonds. The number of ether oxygens (including phenoxy) is 2. The minimum absolute atomic E-state index is 0.242. The van der Waals surface area contributed by atoms with Crippen LogP contribution in [0.15, 0.2) is 54.0 Å². The van der Waals surface area contributed by atoms with Gasteiger partial charge in [-0.3, -0.25) is 13.9 Å². The van der Waals surface area contributed by atoms with Gasteiger partial charge in [-0.25, -0.2) is 4.79 Å². The Hall–Kier alpha value is -2.39. The number of nitrogens with one attached hydrogen (secondary N) is 1. The van der Waals surface area contributed by atoms with Gasteiger partial charge in [-0.1, -0.05) is 41.4 Å². The zero-order chi connectivity index (χ0) is 25.6. The summed E-state index contributed by atoms with van der Waals surface area (Å²) in [4.78, 5) is 35.5. The molecule has 0 spiro atoms. The Morgan fingerprint density at radius 1 is 1.20 bits per heavy atom. The van der Waals surface area contributed by atoms with Gasteiger partial charge in [0.1, 0.15) is 0 Å². The third kappa shape index (κ3) is 7.30. The first-order valence-corrected chi connectivity index (χ1v) is 13.5. The smallest absolute Gasteiger partial charge is 0.432 e. The molecule has 8 nitrogen and oxygen atoms in total. The molecular weight excluding hydrogens is 536 g/mol. The van der Waals surface area contributed by atoms with Crippen molar-refractivity contribution >= 4 is 70.4 Å². The minimum Gasteiger partial charge on any atom is -0.432 e. The van der Waals surface area contributed by atoms with Crippen molar-refractivity contribution in [1.29, 1.82) is 0 Å². The van der Waals surface area contributed by atoms with E-state index < -0.39 is 38.2 Å². The average Bonchev–Trinajstić information content (AvgIpc) is 3.17. The van der Waals surface area contributed by atoms with Gasteiger partial charge in [-0.15, -0.1) is 11.3 Å². The Balaban J connectivity index is 1.87. The lowest BCUT2D eigenvalue weighted by atomic mass is 10.1. The normalized spacial score (nSPS) is 14.1. The molecule has 2 atom stereocenters. The van der Waals surface area contributed by atoms with Gasteiger partial charge < -0.3 is 19.7 Å². The van der Waals surface area contributed by atoms with Crippen molar-refractivity contribution in [2.24, 2.45) is 0 Å². The van der Waals surface area contributed by atoms with Crippen molar-refractivity contribution in [1.82, 2.24) is 5.32 Å². The van der Waals surface area contributed by atoms with Gasteiger partial charge in [-0.05, 0) is 66.1 Å². The number of hydrogen-bond donors (Lipinski definition) is 2. The van der Waals surface area contributed by atoms with Crippen LogP contribution >= 0.6 is 42.1 Å². The van der Waals surface area contributed by atoms with Crippen molar-refractivity contribution < 1.29 is 33.0 Å². The third-order valence-electron chi connectivity index (χ3n) is 4.57. The minimum atomic E-state index is -4.72. The number of carbonyl (C=O) groups excluding carboxylic acids is 2. The first-order chi connectivity index (χ1) is 16.6. The number of amides is 1. The summed E-state index contributed by atoms with van der Waals surface area (Å²) in [5.74, 6) is -0.816. The molecule has 0 bridgehead atoms. The van der Waals surface area contributed by atoms with E-state index in [1.165, 1.54) is 17.5 Å². The highest BCUT2D eigenvalue weighted by Crippen LogP contribution is 2.58. The first-order valence-electron chi connectivity index (χ1n) is 10.3. The summed E-state index contributed by atoms with van der Waals surface area (Å²) in [5.41, 5.74) is -0.763. The molecule has 1 heterocycles. The number of hydrogen-bond acceptors (Lipinski definition) is 7. The van der Waals surface area contributed by atoms with E-state index in [1.54, 1.807) is 67.8 Å². The maximum absolute atomic E-state index is 13.2. The van der Waals surface area contributed by atoms with E-state index in [9.17, 15) is 19.0 Å². The molecule has 0 fully saturated rings. The fourth-order valence-corrected chi connectivity index (χ4v) is 5.78. The van der Waals surface area contributed by atoms with Gasteiger partial charge in [0.15, 0.2) is 5.66 Å². The first kappa shape index (κ1) is 27.2. The Morgan fingerprint density at radius 3 is 2.66 bits per heavy atom. The lowest BCUT2D eigenvalue weighted by molar-refractivity contribution is -0.120. The molecule has 3 aromatic rings. The molecule has 0 aliphatic heterocycles. The van der Waals surface area contributed by atoms with Crippen molar-refractivity contribution in [3.63, 3.8) is 0 Å². The molecule has 0 aliphatic carbocycles. The number of benzene rings is 2. The van der Waals surface area contributed by atoms with Crippen molar-refractivity contribution in [3.05, 3.63) is 75.2 Å². The monoisotopic (exact) mass is 557 g/mol. The summed E-state index contributed by atoms with van der Waals surface area (Å²) in [5, 5.41) is 5.48. The fraction of sp³-hybridized carbons (Fsp3) is 0.217.